The molecule has 0 saturated carbocycles. The van der Waals surface area contributed by atoms with Gasteiger partial charge in [-0.25, -0.2) is 4.57 Å². The fraction of sp³-hybridized carbons (Fsp3) is 0. The van der Waals surface area contributed by atoms with Gasteiger partial charge in [0.25, 0.3) is 5.91 Å². The van der Waals surface area contributed by atoms with Gasteiger partial charge in [0.15, 0.2) is 0 Å². The molecule has 0 heterocycles. The van der Waals surface area contributed by atoms with Crippen LogP contribution in [0.4, 0.5) is 8.39 Å². The lowest BCUT2D eigenvalue weighted by Crippen LogP contribution is -1.53. The van der Waals surface area contributed by atoms with Gasteiger partial charge in [-0.2, -0.15) is 4.52 Å². The fourth-order valence-corrected chi connectivity index (χ4v) is 10.5. The van der Waals surface area contributed by atoms with Gasteiger partial charge in [0.05, 0.1) is 0 Å². The lowest BCUT2D eigenvalue weighted by atomic mass is 13.9. The molecule has 0 atom stereocenters. The molecule has 0 radical (unpaired) electrons. The number of hydrogen-bond acceptors (Lipinski definition) is 1. The first kappa shape index (κ1) is 15.0. The molecule has 0 aliphatic carbocycles. The second-order valence-corrected chi connectivity index (χ2v) is 14.8. The zero-order chi connectivity index (χ0) is 10.9. The van der Waals surface area contributed by atoms with Crippen molar-refractivity contribution in [1.29, 1.82) is 0 Å². The molecule has 80 valence electrons. The molecule has 0 rings (SSSR count). The average molecular weight is 352 g/mol. The third kappa shape index (κ3) is 10.3. The molecule has 13 heavy (non-hydrogen) atoms. The van der Waals surface area contributed by atoms with Gasteiger partial charge in [-0.05, 0) is 56.2 Å². The van der Waals surface area contributed by atoms with Gasteiger partial charge < -0.3 is 0 Å². The van der Waals surface area contributed by atoms with Gasteiger partial charge in [-0.15, -0.1) is 12.9 Å². The van der Waals surface area contributed by atoms with Crippen LogP contribution in [0.3, 0.4) is 0 Å². The van der Waals surface area contributed by atoms with E-state index in [1.54, 1.807) is 0 Å². The molecule has 0 aromatic rings. The first-order valence-corrected chi connectivity index (χ1v) is 11.6. The number of halogens is 7. The first-order valence-electron chi connectivity index (χ1n) is 2.17. The van der Waals surface area contributed by atoms with Gasteiger partial charge in [-0.3, -0.25) is 0 Å². The predicted octanol–water partition coefficient (Wildman–Crippen LogP) is 7.12. The van der Waals surface area contributed by atoms with Crippen LogP contribution in [0.25, 0.3) is 0 Å². The number of nitrogens with zero attached hydrogens (tertiary/aromatic N) is 2. The van der Waals surface area contributed by atoms with Crippen LogP contribution in [0.15, 0.2) is 9.03 Å². The summed E-state index contributed by atoms with van der Waals surface area (Å²) in [6, 6.07) is 0. The molecule has 3 nitrogen and oxygen atoms in total. The van der Waals surface area contributed by atoms with Crippen LogP contribution in [-0.2, 0) is 4.57 Å². The number of rotatable bonds is 2. The molecule has 0 aliphatic rings. The van der Waals surface area contributed by atoms with Crippen LogP contribution in [0.5, 0.6) is 0 Å². The normalized spacial score (nSPS) is 14.1. The molecular formula is Cl5F2N2OP3. The van der Waals surface area contributed by atoms with Crippen molar-refractivity contribution in [3.63, 3.8) is 0 Å². The van der Waals surface area contributed by atoms with Gasteiger partial charge >= 0.3 is 7.91 Å². The van der Waals surface area contributed by atoms with E-state index in [9.17, 15) is 13.0 Å². The molecule has 0 bridgehead atoms. The van der Waals surface area contributed by atoms with E-state index in [0.29, 0.717) is 0 Å². The SMILES string of the molecule is O=P(F)(F)N=P(Cl)(Cl)N=P(Cl)(Cl)Cl. The van der Waals surface area contributed by atoms with Crippen LogP contribution >= 0.6 is 75.1 Å². The van der Waals surface area contributed by atoms with E-state index in [4.69, 9.17) is 56.2 Å². The summed E-state index contributed by atoms with van der Waals surface area (Å²) in [7, 11) is -5.71. The Labute approximate surface area is 96.8 Å². The van der Waals surface area contributed by atoms with Crippen molar-refractivity contribution in [3.8, 4) is 0 Å². The van der Waals surface area contributed by atoms with Crippen molar-refractivity contribution in [2.45, 2.75) is 0 Å². The van der Waals surface area contributed by atoms with E-state index in [-0.39, 0.29) is 0 Å². The average Bonchev–Trinajstić information content (AvgIpc) is 1.43. The fourth-order valence-electron chi connectivity index (χ4n) is 0.265. The standard InChI is InChI=1S/Cl5F2N2OP3/c1-11(2,3)8-12(4,5)9-13(6,7)10. The monoisotopic (exact) mass is 350 g/mol. The molecule has 0 spiro atoms. The number of hydrogen-bond donors (Lipinski definition) is 0. The van der Waals surface area contributed by atoms with E-state index in [1.165, 1.54) is 0 Å². The van der Waals surface area contributed by atoms with Crippen LogP contribution in [0.1, 0.15) is 0 Å². The Hall–Kier alpha value is 2.00. The first-order chi connectivity index (χ1) is 5.41. The van der Waals surface area contributed by atoms with E-state index in [2.05, 4.69) is 9.03 Å². The van der Waals surface area contributed by atoms with Crippen molar-refractivity contribution < 1.29 is 13.0 Å². The summed E-state index contributed by atoms with van der Waals surface area (Å²) in [5.74, 6) is -3.85. The highest BCUT2D eigenvalue weighted by molar-refractivity contribution is 8.29. The second-order valence-electron chi connectivity index (χ2n) is 1.49. The summed E-state index contributed by atoms with van der Waals surface area (Å²) < 4.78 is 39.0. The quantitative estimate of drug-likeness (QED) is 0.488. The Bertz CT molecular complexity index is 325. The minimum atomic E-state index is -5.71. The Morgan fingerprint density at radius 3 is 1.54 bits per heavy atom. The Balaban J connectivity index is 5.25. The molecule has 0 saturated heterocycles. The lowest BCUT2D eigenvalue weighted by molar-refractivity contribution is 0.497. The van der Waals surface area contributed by atoms with Gasteiger partial charge in [0, 0.05) is 0 Å². The van der Waals surface area contributed by atoms with Crippen molar-refractivity contribution in [2.75, 3.05) is 0 Å². The van der Waals surface area contributed by atoms with Crippen LogP contribution < -0.4 is 0 Å². The molecule has 0 unspecified atom stereocenters. The minimum absolute atomic E-state index is 2.30. The summed E-state index contributed by atoms with van der Waals surface area (Å²) in [5.41, 5.74) is 0. The molecule has 13 heteroatoms. The van der Waals surface area contributed by atoms with Crippen LogP contribution in [0, 0.1) is 0 Å². The maximum Gasteiger partial charge on any atom is 0.531 e. The van der Waals surface area contributed by atoms with Crippen molar-refractivity contribution in [3.05, 3.63) is 0 Å². The summed E-state index contributed by atoms with van der Waals surface area (Å²) in [6.07, 6.45) is 0. The van der Waals surface area contributed by atoms with Gasteiger partial charge in [-0.1, -0.05) is 0 Å². The molecular weight excluding hydrogens is 352 g/mol. The van der Waals surface area contributed by atoms with Crippen molar-refractivity contribution in [1.82, 2.24) is 0 Å². The Morgan fingerprint density at radius 1 is 0.923 bits per heavy atom. The largest absolute Gasteiger partial charge is 0.531 e. The maximum atomic E-state index is 11.9. The third-order valence-electron chi connectivity index (χ3n) is 0.421. The van der Waals surface area contributed by atoms with E-state index in [1.807, 2.05) is 0 Å². The summed E-state index contributed by atoms with van der Waals surface area (Å²) in [6.45, 7) is 0. The van der Waals surface area contributed by atoms with E-state index >= 15 is 0 Å². The molecule has 0 aromatic carbocycles. The lowest BCUT2D eigenvalue weighted by Gasteiger charge is -2.03. The zero-order valence-corrected chi connectivity index (χ0v) is 11.8. The smallest absolute Gasteiger partial charge is 0.224 e. The van der Waals surface area contributed by atoms with E-state index < -0.39 is 18.9 Å². The highest BCUT2D eigenvalue weighted by Crippen LogP contribution is 2.79. The van der Waals surface area contributed by atoms with Crippen molar-refractivity contribution >= 4 is 75.1 Å². The van der Waals surface area contributed by atoms with E-state index in [0.717, 1.165) is 0 Å². The third-order valence-corrected chi connectivity index (χ3v) is 8.05. The minimum Gasteiger partial charge on any atom is -0.224 e. The molecule has 0 fully saturated rings. The topological polar surface area (TPSA) is 41.8 Å². The second kappa shape index (κ2) is 4.89. The highest BCUT2D eigenvalue weighted by Gasteiger charge is 2.26. The predicted molar refractivity (Wildman–Crippen MR) is 57.8 cm³/mol. The Kier molecular flexibility index (Phi) is 5.64. The summed E-state index contributed by atoms with van der Waals surface area (Å²) in [5, 5.41) is -3.34. The molecule has 0 aliphatic heterocycles. The summed E-state index contributed by atoms with van der Waals surface area (Å²) >= 11 is 25.9. The molecule has 0 amide bonds. The van der Waals surface area contributed by atoms with Gasteiger partial charge in [0.2, 0.25) is 5.11 Å². The van der Waals surface area contributed by atoms with Gasteiger partial charge in [0.1, 0.15) is 0 Å². The Morgan fingerprint density at radius 2 is 1.31 bits per heavy atom. The van der Waals surface area contributed by atoms with Crippen molar-refractivity contribution in [2.24, 2.45) is 9.03 Å². The van der Waals surface area contributed by atoms with Crippen LogP contribution in [0.2, 0.25) is 0 Å². The van der Waals surface area contributed by atoms with Crippen LogP contribution in [-0.4, -0.2) is 0 Å². The maximum absolute atomic E-state index is 11.9. The molecule has 0 N–H and O–H groups in total. The highest BCUT2D eigenvalue weighted by atomic mass is 36.0. The summed E-state index contributed by atoms with van der Waals surface area (Å²) in [4.78, 5) is 0. The zero-order valence-electron chi connectivity index (χ0n) is 5.29. The molecule has 0 aromatic heterocycles.